The second-order valence-corrected chi connectivity index (χ2v) is 8.64. The van der Waals surface area contributed by atoms with E-state index in [1.54, 1.807) is 0 Å². The van der Waals surface area contributed by atoms with E-state index < -0.39 is 0 Å². The van der Waals surface area contributed by atoms with Gasteiger partial charge in [-0.1, -0.05) is 13.0 Å². The molecule has 154 valence electrons. The number of ether oxygens (including phenoxy) is 2. The Morgan fingerprint density at radius 1 is 1.11 bits per heavy atom. The number of carbonyl (C=O) groups excluding carboxylic acids is 1. The highest BCUT2D eigenvalue weighted by atomic mass is 16.5. The fourth-order valence-electron chi connectivity index (χ4n) is 5.09. The van der Waals surface area contributed by atoms with E-state index in [0.717, 1.165) is 76.6 Å². The Morgan fingerprint density at radius 3 is 2.79 bits per heavy atom. The molecule has 1 N–H and O–H groups in total. The first-order chi connectivity index (χ1) is 13.7. The van der Waals surface area contributed by atoms with Gasteiger partial charge in [-0.25, -0.2) is 0 Å². The number of anilines is 1. The lowest BCUT2D eigenvalue weighted by atomic mass is 9.81. The molecule has 0 bridgehead atoms. The number of piperidine rings is 1. The molecule has 0 saturated carbocycles. The van der Waals surface area contributed by atoms with E-state index in [-0.39, 0.29) is 5.91 Å². The molecule has 0 unspecified atom stereocenters. The fourth-order valence-corrected chi connectivity index (χ4v) is 5.09. The molecule has 1 aromatic carbocycles. The van der Waals surface area contributed by atoms with Gasteiger partial charge in [0.25, 0.3) is 0 Å². The lowest BCUT2D eigenvalue weighted by molar-refractivity contribution is -0.118. The van der Waals surface area contributed by atoms with E-state index in [0.29, 0.717) is 24.2 Å². The van der Waals surface area contributed by atoms with E-state index in [1.165, 1.54) is 12.0 Å². The van der Waals surface area contributed by atoms with Crippen molar-refractivity contribution in [3.05, 3.63) is 23.8 Å². The van der Waals surface area contributed by atoms with Gasteiger partial charge in [-0.3, -0.25) is 4.79 Å². The molecule has 2 saturated heterocycles. The third-order valence-corrected chi connectivity index (χ3v) is 6.68. The minimum absolute atomic E-state index is 0.134. The Balaban J connectivity index is 1.48. The van der Waals surface area contributed by atoms with E-state index in [4.69, 9.17) is 9.47 Å². The van der Waals surface area contributed by atoms with E-state index >= 15 is 0 Å². The first-order valence-electron chi connectivity index (χ1n) is 11.1. The van der Waals surface area contributed by atoms with Gasteiger partial charge < -0.3 is 19.7 Å². The van der Waals surface area contributed by atoms with Crippen LogP contribution < -0.4 is 10.1 Å². The SMILES string of the molecule is CCCN1CC[C@H]2CC(=O)Nc3cc(C4CCOCC4)ccc3OCC[C@H]2C1. The lowest BCUT2D eigenvalue weighted by Gasteiger charge is -2.39. The Hall–Kier alpha value is -1.59. The minimum atomic E-state index is 0.134. The second-order valence-electron chi connectivity index (χ2n) is 8.64. The van der Waals surface area contributed by atoms with Gasteiger partial charge in [0, 0.05) is 26.2 Å². The molecule has 1 amide bonds. The number of amides is 1. The topological polar surface area (TPSA) is 50.8 Å². The standard InChI is InChI=1S/C23H34N2O3/c1-2-9-25-10-5-19-15-23(26)24-21-14-18(17-6-11-27-12-7-17)3-4-22(21)28-13-8-20(19)16-25/h3-4,14,17,19-20H,2,5-13,15-16H2,1H3,(H,24,26)/t19-,20-/m0/s1. The highest BCUT2D eigenvalue weighted by Gasteiger charge is 2.31. The molecular formula is C23H34N2O3. The number of likely N-dealkylation sites (tertiary alicyclic amines) is 1. The fraction of sp³-hybridized carbons (Fsp3) is 0.696. The van der Waals surface area contributed by atoms with Gasteiger partial charge in [-0.15, -0.1) is 0 Å². The summed E-state index contributed by atoms with van der Waals surface area (Å²) >= 11 is 0. The maximum Gasteiger partial charge on any atom is 0.224 e. The molecule has 5 nitrogen and oxygen atoms in total. The van der Waals surface area contributed by atoms with Gasteiger partial charge in [-0.2, -0.15) is 0 Å². The molecule has 3 aliphatic heterocycles. The van der Waals surface area contributed by atoms with Crippen molar-refractivity contribution < 1.29 is 14.3 Å². The number of benzene rings is 1. The van der Waals surface area contributed by atoms with Crippen molar-refractivity contribution in [2.45, 2.75) is 51.4 Å². The first kappa shape index (κ1) is 19.7. The summed E-state index contributed by atoms with van der Waals surface area (Å²) in [6, 6.07) is 6.34. The number of hydrogen-bond acceptors (Lipinski definition) is 4. The van der Waals surface area contributed by atoms with Crippen LogP contribution in [0, 0.1) is 11.8 Å². The van der Waals surface area contributed by atoms with Crippen LogP contribution in [0.15, 0.2) is 18.2 Å². The molecule has 3 heterocycles. The molecule has 2 fully saturated rings. The summed E-state index contributed by atoms with van der Waals surface area (Å²) in [5.74, 6) is 2.48. The molecule has 0 aromatic heterocycles. The van der Waals surface area contributed by atoms with Crippen molar-refractivity contribution in [1.82, 2.24) is 4.90 Å². The minimum Gasteiger partial charge on any atom is -0.491 e. The summed E-state index contributed by atoms with van der Waals surface area (Å²) in [7, 11) is 0. The van der Waals surface area contributed by atoms with Crippen LogP contribution in [-0.2, 0) is 9.53 Å². The molecule has 28 heavy (non-hydrogen) atoms. The maximum absolute atomic E-state index is 12.8. The molecule has 2 atom stereocenters. The van der Waals surface area contributed by atoms with Crippen LogP contribution in [-0.4, -0.2) is 50.3 Å². The van der Waals surface area contributed by atoms with Gasteiger partial charge in [0.15, 0.2) is 0 Å². The quantitative estimate of drug-likeness (QED) is 0.852. The van der Waals surface area contributed by atoms with E-state index in [1.807, 2.05) is 6.07 Å². The predicted octanol–water partition coefficient (Wildman–Crippen LogP) is 4.04. The summed E-state index contributed by atoms with van der Waals surface area (Å²) < 4.78 is 11.6. The Morgan fingerprint density at radius 2 is 1.96 bits per heavy atom. The number of nitrogens with zero attached hydrogens (tertiary/aromatic N) is 1. The van der Waals surface area contributed by atoms with Gasteiger partial charge in [0.05, 0.1) is 12.3 Å². The third kappa shape index (κ3) is 4.69. The monoisotopic (exact) mass is 386 g/mol. The zero-order valence-corrected chi connectivity index (χ0v) is 17.1. The van der Waals surface area contributed by atoms with Crippen LogP contribution in [0.2, 0.25) is 0 Å². The molecular weight excluding hydrogens is 352 g/mol. The van der Waals surface area contributed by atoms with Crippen LogP contribution in [0.4, 0.5) is 5.69 Å². The van der Waals surface area contributed by atoms with E-state index in [9.17, 15) is 4.79 Å². The lowest BCUT2D eigenvalue weighted by Crippen LogP contribution is -2.42. The normalized spacial score (nSPS) is 27.2. The smallest absolute Gasteiger partial charge is 0.224 e. The van der Waals surface area contributed by atoms with Crippen molar-refractivity contribution in [3.8, 4) is 5.75 Å². The van der Waals surface area contributed by atoms with Gasteiger partial charge in [0.2, 0.25) is 5.91 Å². The number of fused-ring (bicyclic) bond motifs is 2. The summed E-state index contributed by atoms with van der Waals surface area (Å²) in [6.45, 7) is 7.99. The highest BCUT2D eigenvalue weighted by molar-refractivity contribution is 5.92. The van der Waals surface area contributed by atoms with Crippen molar-refractivity contribution in [3.63, 3.8) is 0 Å². The Kier molecular flexibility index (Phi) is 6.53. The van der Waals surface area contributed by atoms with Crippen molar-refractivity contribution in [2.24, 2.45) is 11.8 Å². The van der Waals surface area contributed by atoms with Crippen LogP contribution in [0.1, 0.15) is 56.9 Å². The van der Waals surface area contributed by atoms with Crippen LogP contribution in [0.3, 0.4) is 0 Å². The molecule has 0 aliphatic carbocycles. The largest absolute Gasteiger partial charge is 0.491 e. The Labute approximate surface area is 168 Å². The van der Waals surface area contributed by atoms with Crippen LogP contribution >= 0.6 is 0 Å². The molecule has 5 heteroatoms. The third-order valence-electron chi connectivity index (χ3n) is 6.68. The zero-order valence-electron chi connectivity index (χ0n) is 17.1. The maximum atomic E-state index is 12.8. The number of carbonyl (C=O) groups is 1. The molecule has 0 radical (unpaired) electrons. The highest BCUT2D eigenvalue weighted by Crippen LogP contribution is 2.36. The van der Waals surface area contributed by atoms with Gasteiger partial charge >= 0.3 is 0 Å². The molecule has 1 aromatic rings. The second kappa shape index (κ2) is 9.27. The van der Waals surface area contributed by atoms with Gasteiger partial charge in [-0.05, 0) is 80.6 Å². The summed E-state index contributed by atoms with van der Waals surface area (Å²) in [5, 5.41) is 3.17. The van der Waals surface area contributed by atoms with Crippen LogP contribution in [0.25, 0.3) is 0 Å². The Bertz CT molecular complexity index is 672. The summed E-state index contributed by atoms with van der Waals surface area (Å²) in [6.07, 6.45) is 6.06. The summed E-state index contributed by atoms with van der Waals surface area (Å²) in [5.41, 5.74) is 2.13. The number of hydrogen-bond donors (Lipinski definition) is 1. The predicted molar refractivity (Wildman–Crippen MR) is 111 cm³/mol. The average molecular weight is 387 g/mol. The van der Waals surface area contributed by atoms with Crippen LogP contribution in [0.5, 0.6) is 5.75 Å². The van der Waals surface area contributed by atoms with Crippen molar-refractivity contribution in [2.75, 3.05) is 44.8 Å². The van der Waals surface area contributed by atoms with Crippen molar-refractivity contribution >= 4 is 11.6 Å². The van der Waals surface area contributed by atoms with E-state index in [2.05, 4.69) is 29.3 Å². The summed E-state index contributed by atoms with van der Waals surface area (Å²) in [4.78, 5) is 15.4. The first-order valence-corrected chi connectivity index (χ1v) is 11.1. The van der Waals surface area contributed by atoms with Crippen molar-refractivity contribution in [1.29, 1.82) is 0 Å². The molecule has 0 spiro atoms. The molecule has 4 rings (SSSR count). The van der Waals surface area contributed by atoms with Gasteiger partial charge in [0.1, 0.15) is 5.75 Å². The average Bonchev–Trinajstić information content (AvgIpc) is 2.71. The molecule has 3 aliphatic rings. The number of rotatable bonds is 3. The zero-order chi connectivity index (χ0) is 19.3. The number of nitrogens with one attached hydrogen (secondary N) is 1.